The lowest BCUT2D eigenvalue weighted by atomic mass is 9.66. The number of fused-ring (bicyclic) bond motifs is 3. The van der Waals surface area contributed by atoms with Crippen molar-refractivity contribution in [2.45, 2.75) is 75.7 Å². The van der Waals surface area contributed by atoms with Crippen molar-refractivity contribution in [1.29, 1.82) is 0 Å². The van der Waals surface area contributed by atoms with Gasteiger partial charge in [0.1, 0.15) is 11.9 Å². The average molecular weight is 719 g/mol. The van der Waals surface area contributed by atoms with Gasteiger partial charge in [-0.1, -0.05) is 0 Å². The number of benzene rings is 1. The number of rotatable bonds is 8. The van der Waals surface area contributed by atoms with E-state index in [9.17, 15) is 27.9 Å². The number of pyridine rings is 1. The summed E-state index contributed by atoms with van der Waals surface area (Å²) in [6.07, 6.45) is 5.78. The van der Waals surface area contributed by atoms with Crippen molar-refractivity contribution in [3.8, 4) is 17.0 Å². The van der Waals surface area contributed by atoms with Gasteiger partial charge in [0.05, 0.1) is 35.3 Å². The fourth-order valence-electron chi connectivity index (χ4n) is 8.81. The first-order valence-electron chi connectivity index (χ1n) is 18.1. The summed E-state index contributed by atoms with van der Waals surface area (Å²) >= 11 is 0. The van der Waals surface area contributed by atoms with Crippen molar-refractivity contribution in [3.05, 3.63) is 66.2 Å². The minimum Gasteiger partial charge on any atom is -0.490 e. The summed E-state index contributed by atoms with van der Waals surface area (Å²) in [5.41, 5.74) is -0.313. The number of hydrogen-bond acceptors (Lipinski definition) is 8. The highest BCUT2D eigenvalue weighted by Gasteiger charge is 2.41. The molecule has 0 spiro atoms. The highest BCUT2D eigenvalue weighted by atomic mass is 19.4. The van der Waals surface area contributed by atoms with E-state index < -0.39 is 35.2 Å². The van der Waals surface area contributed by atoms with Gasteiger partial charge in [-0.3, -0.25) is 9.59 Å². The van der Waals surface area contributed by atoms with Crippen LogP contribution in [-0.2, 0) is 15.7 Å². The van der Waals surface area contributed by atoms with Crippen LogP contribution in [0.3, 0.4) is 0 Å². The number of halogens is 3. The second-order valence-electron chi connectivity index (χ2n) is 14.7. The van der Waals surface area contributed by atoms with E-state index in [0.29, 0.717) is 56.2 Å². The molecule has 2 aliphatic heterocycles. The Labute approximate surface area is 298 Å². The van der Waals surface area contributed by atoms with Crippen LogP contribution in [0, 0.1) is 17.8 Å². The van der Waals surface area contributed by atoms with Crippen molar-refractivity contribution >= 4 is 28.7 Å². The molecule has 1 aromatic carbocycles. The number of nitrogens with zero attached hydrogens (tertiary/aromatic N) is 5. The summed E-state index contributed by atoms with van der Waals surface area (Å²) in [7, 11) is 0. The number of alkyl halides is 3. The maximum absolute atomic E-state index is 14.6. The predicted molar refractivity (Wildman–Crippen MR) is 185 cm³/mol. The number of carbonyl (C=O) groups excluding carboxylic acids is 1. The first kappa shape index (κ1) is 34.4. The summed E-state index contributed by atoms with van der Waals surface area (Å²) < 4.78 is 58.0. The summed E-state index contributed by atoms with van der Waals surface area (Å²) in [6, 6.07) is 9.81. The van der Waals surface area contributed by atoms with Gasteiger partial charge in [-0.2, -0.15) is 13.2 Å². The van der Waals surface area contributed by atoms with Crippen LogP contribution in [0.5, 0.6) is 5.75 Å². The number of nitrogens with one attached hydrogen (secondary N) is 1. The minimum atomic E-state index is -4.87. The lowest BCUT2D eigenvalue weighted by Gasteiger charge is -2.41. The number of anilines is 1. The van der Waals surface area contributed by atoms with Gasteiger partial charge < -0.3 is 29.4 Å². The van der Waals surface area contributed by atoms with Gasteiger partial charge in [0.15, 0.2) is 5.69 Å². The molecule has 8 rings (SSSR count). The summed E-state index contributed by atoms with van der Waals surface area (Å²) in [4.78, 5) is 39.9. The predicted octanol–water partition coefficient (Wildman–Crippen LogP) is 6.53. The molecule has 14 heteroatoms. The van der Waals surface area contributed by atoms with E-state index >= 15 is 0 Å². The Balaban J connectivity index is 1.04. The molecule has 4 fully saturated rings. The van der Waals surface area contributed by atoms with Crippen LogP contribution in [-0.4, -0.2) is 75.0 Å². The average Bonchev–Trinajstić information content (AvgIpc) is 3.80. The molecular weight excluding hydrogens is 677 g/mol. The fraction of sp³-hybridized carbons (Fsp3) is 0.500. The standard InChI is InChI=1S/C38H41F3N6O5/c39-38(40,41)34-30(35(48)44-25-17-22-14-23(18-25)16-24(15-22)36(49)50)4-5-32(45-34)31-20-47(26-8-13-51-21-26)33-19-28(2-3-29(31)33)52-27-6-11-46(12-7-27)37-42-9-1-10-43-37/h1-5,9-10,19-20,22-27H,6-8,11-18,21H2,(H,44,48)(H,49,50). The van der Waals surface area contributed by atoms with Gasteiger partial charge in [0.2, 0.25) is 5.95 Å². The third-order valence-electron chi connectivity index (χ3n) is 11.2. The van der Waals surface area contributed by atoms with Crippen molar-refractivity contribution in [3.63, 3.8) is 0 Å². The van der Waals surface area contributed by atoms with Crippen molar-refractivity contribution in [2.24, 2.45) is 17.8 Å². The van der Waals surface area contributed by atoms with Gasteiger partial charge >= 0.3 is 12.1 Å². The van der Waals surface area contributed by atoms with E-state index in [0.717, 1.165) is 49.7 Å². The lowest BCUT2D eigenvalue weighted by molar-refractivity contribution is -0.144. The van der Waals surface area contributed by atoms with E-state index in [1.165, 1.54) is 12.1 Å². The molecule has 2 N–H and O–H groups in total. The molecule has 11 nitrogen and oxygen atoms in total. The Morgan fingerprint density at radius 3 is 2.38 bits per heavy atom. The quantitative estimate of drug-likeness (QED) is 0.209. The van der Waals surface area contributed by atoms with Crippen molar-refractivity contribution in [1.82, 2.24) is 24.8 Å². The molecule has 1 amide bonds. The van der Waals surface area contributed by atoms with Crippen LogP contribution in [0.15, 0.2) is 55.0 Å². The number of aliphatic carboxylic acids is 1. The Kier molecular flexibility index (Phi) is 9.26. The van der Waals surface area contributed by atoms with E-state index in [-0.39, 0.29) is 35.7 Å². The number of hydrogen-bond donors (Lipinski definition) is 2. The smallest absolute Gasteiger partial charge is 0.434 e. The zero-order valence-electron chi connectivity index (χ0n) is 28.6. The number of carboxylic acids is 1. The Morgan fingerprint density at radius 2 is 1.71 bits per heavy atom. The second-order valence-corrected chi connectivity index (χ2v) is 14.7. The SMILES string of the molecule is O=C(NC1CC2CC(C1)CC(C(=O)O)C2)c1ccc(-c2cn(C3CCOC3)c3cc(OC4CCN(c5ncccn5)CC4)ccc23)nc1C(F)(F)F. The zero-order chi connectivity index (χ0) is 36.0. The van der Waals surface area contributed by atoms with E-state index in [1.54, 1.807) is 18.5 Å². The molecule has 4 aliphatic rings. The third-order valence-corrected chi connectivity index (χ3v) is 11.2. The molecule has 2 bridgehead atoms. The largest absolute Gasteiger partial charge is 0.490 e. The third kappa shape index (κ3) is 7.04. The second kappa shape index (κ2) is 14.0. The molecule has 2 aliphatic carbocycles. The fourth-order valence-corrected chi connectivity index (χ4v) is 8.81. The Hall–Kier alpha value is -4.72. The number of piperidine rings is 1. The molecule has 2 saturated carbocycles. The number of aromatic nitrogens is 4. The van der Waals surface area contributed by atoms with Gasteiger partial charge in [-0.25, -0.2) is 15.0 Å². The molecule has 3 aromatic heterocycles. The minimum absolute atomic E-state index is 0.00601. The van der Waals surface area contributed by atoms with Crippen molar-refractivity contribution < 1.29 is 37.3 Å². The van der Waals surface area contributed by atoms with Crippen LogP contribution < -0.4 is 15.0 Å². The van der Waals surface area contributed by atoms with Crippen LogP contribution in [0.1, 0.15) is 73.5 Å². The number of ether oxygens (including phenoxy) is 2. The molecule has 274 valence electrons. The first-order chi connectivity index (χ1) is 25.1. The van der Waals surface area contributed by atoms with Gasteiger partial charge in [-0.05, 0) is 80.7 Å². The van der Waals surface area contributed by atoms with Crippen LogP contribution in [0.2, 0.25) is 0 Å². The van der Waals surface area contributed by atoms with Crippen LogP contribution in [0.4, 0.5) is 19.1 Å². The molecule has 5 heterocycles. The summed E-state index contributed by atoms with van der Waals surface area (Å²) in [5, 5.41) is 13.0. The molecular formula is C38H41F3N6O5. The Bertz CT molecular complexity index is 1930. The van der Waals surface area contributed by atoms with E-state index in [4.69, 9.17) is 9.47 Å². The molecule has 0 radical (unpaired) electrons. The van der Waals surface area contributed by atoms with Crippen LogP contribution >= 0.6 is 0 Å². The number of carbonyl (C=O) groups is 2. The normalized spacial score (nSPS) is 25.3. The van der Waals surface area contributed by atoms with Crippen molar-refractivity contribution in [2.75, 3.05) is 31.2 Å². The molecule has 2 saturated heterocycles. The molecule has 52 heavy (non-hydrogen) atoms. The highest BCUT2D eigenvalue weighted by molar-refractivity contribution is 5.98. The van der Waals surface area contributed by atoms with Gasteiger partial charge in [-0.15, -0.1) is 0 Å². The molecule has 3 unspecified atom stereocenters. The maximum Gasteiger partial charge on any atom is 0.434 e. The summed E-state index contributed by atoms with van der Waals surface area (Å²) in [5.74, 6) is -0.409. The maximum atomic E-state index is 14.6. The Morgan fingerprint density at radius 1 is 0.962 bits per heavy atom. The molecule has 4 aromatic rings. The monoisotopic (exact) mass is 718 g/mol. The first-order valence-corrected chi connectivity index (χ1v) is 18.1. The van der Waals surface area contributed by atoms with E-state index in [2.05, 4.69) is 25.2 Å². The number of amides is 1. The van der Waals surface area contributed by atoms with Crippen LogP contribution in [0.25, 0.3) is 22.2 Å². The summed E-state index contributed by atoms with van der Waals surface area (Å²) in [6.45, 7) is 2.58. The molecule has 3 atom stereocenters. The van der Waals surface area contributed by atoms with Gasteiger partial charge in [0, 0.05) is 74.2 Å². The number of carboxylic acid groups (broad SMARTS) is 1. The van der Waals surface area contributed by atoms with Gasteiger partial charge in [0.25, 0.3) is 5.91 Å². The lowest BCUT2D eigenvalue weighted by Crippen LogP contribution is -2.44. The topological polar surface area (TPSA) is 132 Å². The zero-order valence-corrected chi connectivity index (χ0v) is 28.6. The highest BCUT2D eigenvalue weighted by Crippen LogP contribution is 2.43. The van der Waals surface area contributed by atoms with E-state index in [1.807, 2.05) is 29.0 Å².